The molecule has 1 atom stereocenters. The van der Waals surface area contributed by atoms with E-state index in [0.717, 1.165) is 29.7 Å². The monoisotopic (exact) mass is 351 g/mol. The van der Waals surface area contributed by atoms with E-state index < -0.39 is 0 Å². The zero-order valence-electron chi connectivity index (χ0n) is 12.3. The molecule has 0 radical (unpaired) electrons. The van der Waals surface area contributed by atoms with Crippen molar-refractivity contribution >= 4 is 15.9 Å². The summed E-state index contributed by atoms with van der Waals surface area (Å²) < 4.78 is 13.9. The minimum Gasteiger partial charge on any atom is -0.327 e. The van der Waals surface area contributed by atoms with Crippen LogP contribution in [0.15, 0.2) is 22.7 Å². The molecule has 5 rings (SSSR count). The lowest BCUT2D eigenvalue weighted by molar-refractivity contribution is -0.0667. The molecule has 1 unspecified atom stereocenters. The molecule has 1 aromatic rings. The van der Waals surface area contributed by atoms with Crippen LogP contribution in [0.25, 0.3) is 0 Å². The van der Waals surface area contributed by atoms with Crippen LogP contribution in [0, 0.1) is 29.0 Å². The number of rotatable bonds is 3. The third-order valence-corrected chi connectivity index (χ3v) is 6.92. The maximum atomic E-state index is 13.4. The summed E-state index contributed by atoms with van der Waals surface area (Å²) >= 11 is 3.28. The fourth-order valence-corrected chi connectivity index (χ4v) is 6.20. The van der Waals surface area contributed by atoms with Gasteiger partial charge in [-0.3, -0.25) is 0 Å². The van der Waals surface area contributed by atoms with Gasteiger partial charge in [0, 0.05) is 6.04 Å². The minimum absolute atomic E-state index is 0.192. The van der Waals surface area contributed by atoms with Gasteiger partial charge in [-0.2, -0.15) is 0 Å². The van der Waals surface area contributed by atoms with Crippen LogP contribution < -0.4 is 5.73 Å². The van der Waals surface area contributed by atoms with Gasteiger partial charge in [0.2, 0.25) is 0 Å². The molecular formula is C18H23BrFN. The summed E-state index contributed by atoms with van der Waals surface area (Å²) in [4.78, 5) is 0. The summed E-state index contributed by atoms with van der Waals surface area (Å²) in [7, 11) is 0. The van der Waals surface area contributed by atoms with Crippen LogP contribution >= 0.6 is 15.9 Å². The van der Waals surface area contributed by atoms with Crippen molar-refractivity contribution in [2.24, 2.45) is 28.9 Å². The van der Waals surface area contributed by atoms with Gasteiger partial charge >= 0.3 is 0 Å². The third-order valence-electron chi connectivity index (χ3n) is 6.31. The molecule has 1 nitrogen and oxygen atoms in total. The highest BCUT2D eigenvalue weighted by Gasteiger charge is 2.53. The van der Waals surface area contributed by atoms with E-state index in [0.29, 0.717) is 9.89 Å². The molecular weight excluding hydrogens is 329 g/mol. The fraction of sp³-hybridized carbons (Fsp3) is 0.667. The average molecular weight is 352 g/mol. The standard InChI is InChI=1S/C18H23BrFN/c19-15-6-11(1-2-16(15)20)7-17(21)18-8-12-3-13(9-18)5-14(4-12)10-18/h1-2,6,12-14,17H,3-5,7-10,21H2. The molecule has 0 aromatic heterocycles. The van der Waals surface area contributed by atoms with Crippen molar-refractivity contribution in [3.8, 4) is 0 Å². The molecule has 0 aliphatic heterocycles. The predicted octanol–water partition coefficient (Wildman–Crippen LogP) is 4.67. The van der Waals surface area contributed by atoms with E-state index in [2.05, 4.69) is 15.9 Å². The summed E-state index contributed by atoms with van der Waals surface area (Å²) in [6.07, 6.45) is 9.24. The molecule has 3 heteroatoms. The second-order valence-corrected chi connectivity index (χ2v) is 8.69. The van der Waals surface area contributed by atoms with E-state index in [1.54, 1.807) is 6.07 Å². The maximum absolute atomic E-state index is 13.4. The molecule has 4 aliphatic carbocycles. The largest absolute Gasteiger partial charge is 0.327 e. The van der Waals surface area contributed by atoms with E-state index in [-0.39, 0.29) is 11.9 Å². The van der Waals surface area contributed by atoms with Crippen molar-refractivity contribution in [3.63, 3.8) is 0 Å². The Kier molecular flexibility index (Phi) is 3.42. The van der Waals surface area contributed by atoms with Crippen molar-refractivity contribution in [1.29, 1.82) is 0 Å². The van der Waals surface area contributed by atoms with E-state index in [1.165, 1.54) is 38.5 Å². The van der Waals surface area contributed by atoms with Gasteiger partial charge in [-0.15, -0.1) is 0 Å². The molecule has 0 saturated heterocycles. The van der Waals surface area contributed by atoms with E-state index in [9.17, 15) is 4.39 Å². The SMILES string of the molecule is NC(Cc1ccc(F)c(Br)c1)C12CC3CC(CC(C3)C1)C2. The number of hydrogen-bond donors (Lipinski definition) is 1. The maximum Gasteiger partial charge on any atom is 0.137 e. The lowest BCUT2D eigenvalue weighted by atomic mass is 9.47. The van der Waals surface area contributed by atoms with Crippen molar-refractivity contribution in [2.45, 2.75) is 51.0 Å². The zero-order chi connectivity index (χ0) is 14.6. The molecule has 4 saturated carbocycles. The van der Waals surface area contributed by atoms with Gasteiger partial charge in [0.1, 0.15) is 5.82 Å². The Balaban J connectivity index is 1.54. The molecule has 2 N–H and O–H groups in total. The quantitative estimate of drug-likeness (QED) is 0.840. The van der Waals surface area contributed by atoms with Gasteiger partial charge in [-0.05, 0) is 102 Å². The summed E-state index contributed by atoms with van der Waals surface area (Å²) in [6, 6.07) is 5.56. The first-order valence-electron chi connectivity index (χ1n) is 8.23. The normalized spacial score (nSPS) is 38.7. The molecule has 1 aromatic carbocycles. The van der Waals surface area contributed by atoms with Crippen molar-refractivity contribution in [2.75, 3.05) is 0 Å². The van der Waals surface area contributed by atoms with Gasteiger partial charge in [0.15, 0.2) is 0 Å². The van der Waals surface area contributed by atoms with E-state index >= 15 is 0 Å². The topological polar surface area (TPSA) is 26.0 Å². The summed E-state index contributed by atoms with van der Waals surface area (Å²) in [5.74, 6) is 2.61. The van der Waals surface area contributed by atoms with Crippen LogP contribution in [-0.4, -0.2) is 6.04 Å². The van der Waals surface area contributed by atoms with E-state index in [1.807, 2.05) is 12.1 Å². The summed E-state index contributed by atoms with van der Waals surface area (Å²) in [5, 5.41) is 0. The van der Waals surface area contributed by atoms with Crippen molar-refractivity contribution < 1.29 is 4.39 Å². The minimum atomic E-state index is -0.192. The Bertz CT molecular complexity index is 521. The molecule has 4 bridgehead atoms. The van der Waals surface area contributed by atoms with Gasteiger partial charge in [-0.1, -0.05) is 6.07 Å². The highest BCUT2D eigenvalue weighted by atomic mass is 79.9. The lowest BCUT2D eigenvalue weighted by Gasteiger charge is -2.59. The van der Waals surface area contributed by atoms with Crippen LogP contribution in [0.5, 0.6) is 0 Å². The molecule has 114 valence electrons. The first-order valence-corrected chi connectivity index (χ1v) is 9.03. The number of nitrogens with two attached hydrogens (primary N) is 1. The lowest BCUT2D eigenvalue weighted by Crippen LogP contribution is -2.55. The number of benzene rings is 1. The highest BCUT2D eigenvalue weighted by Crippen LogP contribution is 2.61. The molecule has 21 heavy (non-hydrogen) atoms. The smallest absolute Gasteiger partial charge is 0.137 e. The van der Waals surface area contributed by atoms with Crippen LogP contribution in [-0.2, 0) is 6.42 Å². The zero-order valence-corrected chi connectivity index (χ0v) is 13.9. The fourth-order valence-electron chi connectivity index (χ4n) is 5.77. The van der Waals surface area contributed by atoms with Gasteiger partial charge in [-0.25, -0.2) is 4.39 Å². The summed E-state index contributed by atoms with van der Waals surface area (Å²) in [6.45, 7) is 0. The molecule has 0 spiro atoms. The second kappa shape index (κ2) is 5.06. The molecule has 4 fully saturated rings. The highest BCUT2D eigenvalue weighted by molar-refractivity contribution is 9.10. The Morgan fingerprint density at radius 3 is 2.24 bits per heavy atom. The molecule has 0 amide bonds. The van der Waals surface area contributed by atoms with Gasteiger partial charge in [0.25, 0.3) is 0 Å². The van der Waals surface area contributed by atoms with Gasteiger partial charge in [0.05, 0.1) is 4.47 Å². The number of halogens is 2. The predicted molar refractivity (Wildman–Crippen MR) is 86.4 cm³/mol. The Hall–Kier alpha value is -0.410. The van der Waals surface area contributed by atoms with Crippen LogP contribution in [0.2, 0.25) is 0 Å². The number of hydrogen-bond acceptors (Lipinski definition) is 1. The Morgan fingerprint density at radius 2 is 1.71 bits per heavy atom. The van der Waals surface area contributed by atoms with Crippen molar-refractivity contribution in [1.82, 2.24) is 0 Å². The first kappa shape index (κ1) is 14.2. The Morgan fingerprint density at radius 1 is 1.14 bits per heavy atom. The van der Waals surface area contributed by atoms with Crippen LogP contribution in [0.3, 0.4) is 0 Å². The van der Waals surface area contributed by atoms with Crippen LogP contribution in [0.4, 0.5) is 4.39 Å². The molecule has 0 heterocycles. The van der Waals surface area contributed by atoms with Crippen LogP contribution in [0.1, 0.15) is 44.1 Å². The van der Waals surface area contributed by atoms with Gasteiger partial charge < -0.3 is 5.73 Å². The van der Waals surface area contributed by atoms with E-state index in [4.69, 9.17) is 5.73 Å². The van der Waals surface area contributed by atoms with Crippen molar-refractivity contribution in [3.05, 3.63) is 34.1 Å². The Labute approximate surface area is 134 Å². The third kappa shape index (κ3) is 2.46. The average Bonchev–Trinajstić information content (AvgIpc) is 2.41. The summed E-state index contributed by atoms with van der Waals surface area (Å²) in [5.41, 5.74) is 8.21. The first-order chi connectivity index (χ1) is 10.0. The molecule has 4 aliphatic rings. The second-order valence-electron chi connectivity index (χ2n) is 7.84.